The fraction of sp³-hybridized carbons (Fsp3) is 0. The number of rotatable bonds is 0. The predicted octanol–water partition coefficient (Wildman–Crippen LogP) is 0.923. The number of aromatic amines is 1. The molecule has 0 fully saturated rings. The zero-order valence-corrected chi connectivity index (χ0v) is 8.07. The summed E-state index contributed by atoms with van der Waals surface area (Å²) in [5.41, 5.74) is 1.01. The molecule has 2 aromatic heterocycles. The van der Waals surface area contributed by atoms with Crippen LogP contribution in [0.3, 0.4) is 0 Å². The van der Waals surface area contributed by atoms with Gasteiger partial charge in [0.25, 0.3) is 5.56 Å². The third-order valence-electron chi connectivity index (χ3n) is 1.40. The van der Waals surface area contributed by atoms with Crippen molar-refractivity contribution in [1.82, 2.24) is 15.0 Å². The highest BCUT2D eigenvalue weighted by atomic mass is 127. The number of pyridine rings is 1. The van der Waals surface area contributed by atoms with E-state index in [0.29, 0.717) is 11.2 Å². The Morgan fingerprint density at radius 3 is 3.00 bits per heavy atom. The van der Waals surface area contributed by atoms with Gasteiger partial charge in [-0.3, -0.25) is 4.79 Å². The first-order valence-corrected chi connectivity index (χ1v) is 4.34. The minimum absolute atomic E-state index is 0.226. The number of nitrogens with one attached hydrogen (secondary N) is 1. The van der Waals surface area contributed by atoms with E-state index in [1.807, 2.05) is 6.07 Å². The van der Waals surface area contributed by atoms with Gasteiger partial charge in [0.15, 0.2) is 5.65 Å². The summed E-state index contributed by atoms with van der Waals surface area (Å²) in [5.74, 6) is 0. The lowest BCUT2D eigenvalue weighted by atomic mass is 10.4. The van der Waals surface area contributed by atoms with Gasteiger partial charge in [-0.1, -0.05) is 0 Å². The maximum atomic E-state index is 10.8. The van der Waals surface area contributed by atoms with Crippen molar-refractivity contribution in [3.63, 3.8) is 0 Å². The van der Waals surface area contributed by atoms with Gasteiger partial charge < -0.3 is 4.98 Å². The maximum absolute atomic E-state index is 10.8. The normalized spacial score (nSPS) is 10.4. The summed E-state index contributed by atoms with van der Waals surface area (Å²) in [6.45, 7) is 0. The number of H-pyrrole nitrogens is 1. The zero-order valence-electron chi connectivity index (χ0n) is 5.91. The number of aromatic nitrogens is 3. The minimum Gasteiger partial charge on any atom is -0.304 e. The molecule has 0 aliphatic heterocycles. The van der Waals surface area contributed by atoms with Crippen molar-refractivity contribution in [2.24, 2.45) is 0 Å². The molecule has 2 aromatic rings. The average molecular weight is 273 g/mol. The molecule has 0 radical (unpaired) electrons. The van der Waals surface area contributed by atoms with Crippen molar-refractivity contribution in [3.05, 3.63) is 32.4 Å². The van der Waals surface area contributed by atoms with E-state index < -0.39 is 0 Å². The fourth-order valence-electron chi connectivity index (χ4n) is 0.900. The van der Waals surface area contributed by atoms with E-state index in [9.17, 15) is 4.79 Å². The highest BCUT2D eigenvalue weighted by molar-refractivity contribution is 14.1. The van der Waals surface area contributed by atoms with E-state index in [1.165, 1.54) is 6.20 Å². The highest BCUT2D eigenvalue weighted by Gasteiger charge is 1.96. The minimum atomic E-state index is -0.226. The average Bonchev–Trinajstić information content (AvgIpc) is 2.05. The van der Waals surface area contributed by atoms with Crippen LogP contribution >= 0.6 is 22.6 Å². The van der Waals surface area contributed by atoms with Gasteiger partial charge >= 0.3 is 0 Å². The topological polar surface area (TPSA) is 58.6 Å². The van der Waals surface area contributed by atoms with Crippen molar-refractivity contribution in [3.8, 4) is 0 Å². The monoisotopic (exact) mass is 273 g/mol. The third kappa shape index (κ3) is 1.31. The first-order valence-electron chi connectivity index (χ1n) is 3.26. The molecule has 0 amide bonds. The van der Waals surface area contributed by atoms with Crippen LogP contribution in [0.5, 0.6) is 0 Å². The molecule has 0 aromatic carbocycles. The molecule has 60 valence electrons. The number of fused-ring (bicyclic) bond motifs is 1. The number of hydrogen-bond acceptors (Lipinski definition) is 3. The van der Waals surface area contributed by atoms with E-state index in [1.54, 1.807) is 6.20 Å². The Kier molecular flexibility index (Phi) is 1.80. The zero-order chi connectivity index (χ0) is 8.55. The lowest BCUT2D eigenvalue weighted by Crippen LogP contribution is -2.05. The molecule has 0 saturated heterocycles. The van der Waals surface area contributed by atoms with Gasteiger partial charge in [0.2, 0.25) is 0 Å². The molecule has 0 unspecified atom stereocenters. The van der Waals surface area contributed by atoms with E-state index in [-0.39, 0.29) is 5.56 Å². The smallest absolute Gasteiger partial charge is 0.268 e. The van der Waals surface area contributed by atoms with Crippen LogP contribution in [-0.2, 0) is 0 Å². The van der Waals surface area contributed by atoms with Crippen LogP contribution in [0.1, 0.15) is 0 Å². The molecule has 0 atom stereocenters. The van der Waals surface area contributed by atoms with Crippen LogP contribution in [0, 0.1) is 3.57 Å². The van der Waals surface area contributed by atoms with Crippen molar-refractivity contribution in [1.29, 1.82) is 0 Å². The van der Waals surface area contributed by atoms with Crippen LogP contribution < -0.4 is 5.56 Å². The summed E-state index contributed by atoms with van der Waals surface area (Å²) in [4.78, 5) is 21.3. The third-order valence-corrected chi connectivity index (χ3v) is 1.99. The fourth-order valence-corrected chi connectivity index (χ4v) is 1.33. The summed E-state index contributed by atoms with van der Waals surface area (Å²) in [6, 6.07) is 1.86. The van der Waals surface area contributed by atoms with Crippen LogP contribution in [0.4, 0.5) is 0 Å². The molecule has 0 saturated carbocycles. The molecular formula is C7H4IN3O. The van der Waals surface area contributed by atoms with Crippen molar-refractivity contribution < 1.29 is 0 Å². The van der Waals surface area contributed by atoms with Gasteiger partial charge in [0, 0.05) is 9.77 Å². The van der Waals surface area contributed by atoms with Gasteiger partial charge in [-0.25, -0.2) is 9.97 Å². The molecule has 5 heteroatoms. The first kappa shape index (κ1) is 7.66. The molecule has 0 spiro atoms. The predicted molar refractivity (Wildman–Crippen MR) is 52.9 cm³/mol. The Labute approximate surface area is 81.2 Å². The Morgan fingerprint density at radius 2 is 2.17 bits per heavy atom. The number of nitrogens with zero attached hydrogens (tertiary/aromatic N) is 2. The summed E-state index contributed by atoms with van der Waals surface area (Å²) in [5, 5.41) is 0. The van der Waals surface area contributed by atoms with Crippen LogP contribution in [0.25, 0.3) is 11.2 Å². The van der Waals surface area contributed by atoms with Crippen molar-refractivity contribution in [2.45, 2.75) is 0 Å². The quantitative estimate of drug-likeness (QED) is 0.726. The Hall–Kier alpha value is -0.980. The summed E-state index contributed by atoms with van der Waals surface area (Å²) >= 11 is 2.14. The lowest BCUT2D eigenvalue weighted by molar-refractivity contribution is 1.16. The van der Waals surface area contributed by atoms with Crippen LogP contribution in [0.15, 0.2) is 23.3 Å². The summed E-state index contributed by atoms with van der Waals surface area (Å²) in [7, 11) is 0. The Balaban J connectivity index is 2.87. The van der Waals surface area contributed by atoms with Crippen LogP contribution in [0.2, 0.25) is 0 Å². The van der Waals surface area contributed by atoms with Crippen molar-refractivity contribution >= 4 is 33.8 Å². The van der Waals surface area contributed by atoms with Gasteiger partial charge in [-0.05, 0) is 28.7 Å². The SMILES string of the molecule is O=c1cnc2cc(I)cnc2[nH]1. The van der Waals surface area contributed by atoms with Gasteiger partial charge in [-0.15, -0.1) is 0 Å². The van der Waals surface area contributed by atoms with E-state index in [4.69, 9.17) is 0 Å². The molecule has 2 heterocycles. The van der Waals surface area contributed by atoms with Crippen molar-refractivity contribution in [2.75, 3.05) is 0 Å². The second kappa shape index (κ2) is 2.81. The van der Waals surface area contributed by atoms with Gasteiger partial charge in [0.05, 0.1) is 6.20 Å². The van der Waals surface area contributed by atoms with Crippen LogP contribution in [-0.4, -0.2) is 15.0 Å². The molecular weight excluding hydrogens is 269 g/mol. The highest BCUT2D eigenvalue weighted by Crippen LogP contribution is 2.07. The summed E-state index contributed by atoms with van der Waals surface area (Å²) in [6.07, 6.45) is 2.93. The first-order chi connectivity index (χ1) is 5.75. The number of hydrogen-bond donors (Lipinski definition) is 1. The second-order valence-corrected chi connectivity index (χ2v) is 3.51. The molecule has 0 bridgehead atoms. The molecule has 12 heavy (non-hydrogen) atoms. The molecule has 4 nitrogen and oxygen atoms in total. The van der Waals surface area contributed by atoms with E-state index in [2.05, 4.69) is 37.5 Å². The number of halogens is 1. The van der Waals surface area contributed by atoms with E-state index >= 15 is 0 Å². The van der Waals surface area contributed by atoms with Gasteiger partial charge in [0.1, 0.15) is 5.52 Å². The molecule has 2 rings (SSSR count). The molecule has 1 N–H and O–H groups in total. The summed E-state index contributed by atoms with van der Waals surface area (Å²) < 4.78 is 1.000. The van der Waals surface area contributed by atoms with E-state index in [0.717, 1.165) is 3.57 Å². The standard InChI is InChI=1S/C7H4IN3O/c8-4-1-5-7(10-2-4)11-6(12)3-9-5/h1-3H,(H,10,11,12). The lowest BCUT2D eigenvalue weighted by Gasteiger charge is -1.94. The maximum Gasteiger partial charge on any atom is 0.268 e. The Morgan fingerprint density at radius 1 is 1.33 bits per heavy atom. The second-order valence-electron chi connectivity index (χ2n) is 2.27. The largest absolute Gasteiger partial charge is 0.304 e. The molecule has 0 aliphatic carbocycles. The molecule has 0 aliphatic rings. The Bertz CT molecular complexity index is 479. The van der Waals surface area contributed by atoms with Gasteiger partial charge in [-0.2, -0.15) is 0 Å².